The first-order valence-corrected chi connectivity index (χ1v) is 8.91. The molecule has 4 nitrogen and oxygen atoms in total. The first-order valence-electron chi connectivity index (χ1n) is 7.78. The number of amides is 1. The molecule has 0 saturated carbocycles. The van der Waals surface area contributed by atoms with Gasteiger partial charge in [0.2, 0.25) is 0 Å². The zero-order valence-electron chi connectivity index (χ0n) is 13.6. The van der Waals surface area contributed by atoms with Gasteiger partial charge >= 0.3 is 0 Å². The minimum atomic E-state index is -0.201. The molecule has 0 saturated heterocycles. The number of hydrogen-bond acceptors (Lipinski definition) is 2. The molecule has 2 aromatic carbocycles. The van der Waals surface area contributed by atoms with E-state index in [9.17, 15) is 4.79 Å². The van der Waals surface area contributed by atoms with Crippen LogP contribution in [0.15, 0.2) is 42.5 Å². The lowest BCUT2D eigenvalue weighted by molar-refractivity contribution is -0.110. The smallest absolute Gasteiger partial charge is 0.256 e. The Morgan fingerprint density at radius 1 is 1.08 bits per heavy atom. The van der Waals surface area contributed by atoms with Crippen molar-refractivity contribution in [2.45, 2.75) is 6.92 Å². The predicted molar refractivity (Wildman–Crippen MR) is 106 cm³/mol. The third kappa shape index (κ3) is 2.90. The zero-order chi connectivity index (χ0) is 18.4. The van der Waals surface area contributed by atoms with Gasteiger partial charge in [0.1, 0.15) is 5.15 Å². The summed E-state index contributed by atoms with van der Waals surface area (Å²) in [6.07, 6.45) is 1.74. The van der Waals surface area contributed by atoms with Crippen LogP contribution in [0.3, 0.4) is 0 Å². The number of carbonyl (C=O) groups excluding carboxylic acids is 1. The van der Waals surface area contributed by atoms with Crippen LogP contribution >= 0.6 is 34.8 Å². The van der Waals surface area contributed by atoms with Crippen molar-refractivity contribution in [3.05, 3.63) is 74.5 Å². The van der Waals surface area contributed by atoms with Gasteiger partial charge in [-0.25, -0.2) is 4.68 Å². The van der Waals surface area contributed by atoms with Gasteiger partial charge in [-0.3, -0.25) is 4.79 Å². The second-order valence-electron chi connectivity index (χ2n) is 5.88. The van der Waals surface area contributed by atoms with E-state index in [4.69, 9.17) is 34.8 Å². The molecule has 4 rings (SSSR count). The number of carbonyl (C=O) groups is 1. The third-order valence-electron chi connectivity index (χ3n) is 4.15. The Morgan fingerprint density at radius 3 is 2.62 bits per heavy atom. The lowest BCUT2D eigenvalue weighted by Gasteiger charge is -2.03. The highest BCUT2D eigenvalue weighted by atomic mass is 35.5. The van der Waals surface area contributed by atoms with E-state index in [1.807, 2.05) is 19.1 Å². The van der Waals surface area contributed by atoms with Crippen LogP contribution in [0.2, 0.25) is 15.2 Å². The number of rotatable bonds is 2. The van der Waals surface area contributed by atoms with Crippen molar-refractivity contribution < 1.29 is 4.79 Å². The average Bonchev–Trinajstić information content (AvgIpc) is 3.06. The highest BCUT2D eigenvalue weighted by Gasteiger charge is 2.25. The molecular weight excluding hydrogens is 393 g/mol. The average molecular weight is 405 g/mol. The molecule has 3 aromatic rings. The van der Waals surface area contributed by atoms with Crippen molar-refractivity contribution in [3.8, 4) is 5.69 Å². The molecule has 0 radical (unpaired) electrons. The van der Waals surface area contributed by atoms with Crippen molar-refractivity contribution >= 4 is 58.0 Å². The van der Waals surface area contributed by atoms with Gasteiger partial charge in [0.25, 0.3) is 5.91 Å². The van der Waals surface area contributed by atoms with E-state index in [1.54, 1.807) is 41.1 Å². The van der Waals surface area contributed by atoms with E-state index >= 15 is 0 Å². The number of nitrogens with one attached hydrogen (secondary N) is 1. The lowest BCUT2D eigenvalue weighted by Crippen LogP contribution is -2.03. The quantitative estimate of drug-likeness (QED) is 0.562. The summed E-state index contributed by atoms with van der Waals surface area (Å²) in [5.41, 5.74) is 4.08. The number of benzene rings is 2. The van der Waals surface area contributed by atoms with Crippen molar-refractivity contribution in [3.63, 3.8) is 0 Å². The first kappa shape index (κ1) is 17.2. The summed E-state index contributed by atoms with van der Waals surface area (Å²) in [6.45, 7) is 1.84. The van der Waals surface area contributed by atoms with Crippen molar-refractivity contribution in [2.24, 2.45) is 0 Å². The molecule has 1 aromatic heterocycles. The van der Waals surface area contributed by atoms with Crippen molar-refractivity contribution in [2.75, 3.05) is 5.32 Å². The van der Waals surface area contributed by atoms with Gasteiger partial charge in [-0.15, -0.1) is 0 Å². The summed E-state index contributed by atoms with van der Waals surface area (Å²) < 4.78 is 1.60. The topological polar surface area (TPSA) is 46.9 Å². The molecule has 0 fully saturated rings. The van der Waals surface area contributed by atoms with Crippen LogP contribution in [0.25, 0.3) is 17.3 Å². The van der Waals surface area contributed by atoms with Crippen LogP contribution in [-0.2, 0) is 4.79 Å². The van der Waals surface area contributed by atoms with Gasteiger partial charge in [0.15, 0.2) is 0 Å². The van der Waals surface area contributed by atoms with Gasteiger partial charge < -0.3 is 5.32 Å². The maximum absolute atomic E-state index is 12.4. The number of anilines is 1. The Bertz CT molecular complexity index is 1090. The third-order valence-corrected chi connectivity index (χ3v) is 4.99. The number of aryl methyl sites for hydroxylation is 1. The van der Waals surface area contributed by atoms with Gasteiger partial charge in [0, 0.05) is 32.4 Å². The Hall–Kier alpha value is -2.27. The molecule has 0 unspecified atom stereocenters. The highest BCUT2D eigenvalue weighted by molar-refractivity contribution is 6.38. The molecule has 2 heterocycles. The molecule has 0 aliphatic carbocycles. The largest absolute Gasteiger partial charge is 0.321 e. The summed E-state index contributed by atoms with van der Waals surface area (Å²) >= 11 is 18.7. The molecule has 1 N–H and O–H groups in total. The molecule has 130 valence electrons. The van der Waals surface area contributed by atoms with E-state index in [-0.39, 0.29) is 5.91 Å². The van der Waals surface area contributed by atoms with Crippen LogP contribution in [0.5, 0.6) is 0 Å². The molecule has 0 spiro atoms. The maximum Gasteiger partial charge on any atom is 0.256 e. The van der Waals surface area contributed by atoms with Crippen LogP contribution in [-0.4, -0.2) is 15.7 Å². The number of halogens is 3. The zero-order valence-corrected chi connectivity index (χ0v) is 15.8. The fourth-order valence-corrected chi connectivity index (χ4v) is 3.59. The summed E-state index contributed by atoms with van der Waals surface area (Å²) in [5.74, 6) is -0.201. The standard InChI is InChI=1S/C19H12Cl3N3O/c1-10-14(18(22)25(24-10)13-4-2-3-11(20)7-13)9-16-15-8-12(21)5-6-17(15)23-19(16)26/h2-9H,1H3,(H,23,26)/b16-9-. The highest BCUT2D eigenvalue weighted by Crippen LogP contribution is 2.36. The molecule has 26 heavy (non-hydrogen) atoms. The van der Waals surface area contributed by atoms with E-state index in [0.717, 1.165) is 16.9 Å². The molecule has 1 amide bonds. The van der Waals surface area contributed by atoms with Gasteiger partial charge in [-0.1, -0.05) is 40.9 Å². The Kier molecular flexibility index (Phi) is 4.27. The first-order chi connectivity index (χ1) is 12.4. The van der Waals surface area contributed by atoms with Gasteiger partial charge in [-0.2, -0.15) is 5.10 Å². The molecule has 1 aliphatic heterocycles. The fourth-order valence-electron chi connectivity index (χ4n) is 2.90. The number of nitrogens with zero attached hydrogens (tertiary/aromatic N) is 2. The van der Waals surface area contributed by atoms with Gasteiger partial charge in [0.05, 0.1) is 11.4 Å². The summed E-state index contributed by atoms with van der Waals surface area (Å²) in [7, 11) is 0. The van der Waals surface area contributed by atoms with E-state index in [0.29, 0.717) is 32.0 Å². The van der Waals surface area contributed by atoms with Crippen LogP contribution in [0.1, 0.15) is 16.8 Å². The Morgan fingerprint density at radius 2 is 1.85 bits per heavy atom. The van der Waals surface area contributed by atoms with Gasteiger partial charge in [-0.05, 0) is 49.4 Å². The predicted octanol–water partition coefficient (Wildman–Crippen LogP) is 5.63. The SMILES string of the molecule is Cc1nn(-c2cccc(Cl)c2)c(Cl)c1/C=C1\C(=O)Nc2ccc(Cl)cc21. The number of aromatic nitrogens is 2. The van der Waals surface area contributed by atoms with E-state index < -0.39 is 0 Å². The van der Waals surface area contributed by atoms with Crippen molar-refractivity contribution in [1.82, 2.24) is 9.78 Å². The number of hydrogen-bond donors (Lipinski definition) is 1. The maximum atomic E-state index is 12.4. The molecule has 0 bridgehead atoms. The van der Waals surface area contributed by atoms with Crippen LogP contribution < -0.4 is 5.32 Å². The second kappa shape index (κ2) is 6.47. The minimum absolute atomic E-state index is 0.201. The monoisotopic (exact) mass is 403 g/mol. The molecule has 1 aliphatic rings. The lowest BCUT2D eigenvalue weighted by atomic mass is 10.0. The van der Waals surface area contributed by atoms with E-state index in [2.05, 4.69) is 10.4 Å². The van der Waals surface area contributed by atoms with E-state index in [1.165, 1.54) is 0 Å². The summed E-state index contributed by atoms with van der Waals surface area (Å²) in [4.78, 5) is 12.4. The van der Waals surface area contributed by atoms with Crippen LogP contribution in [0.4, 0.5) is 5.69 Å². The molecular formula is C19H12Cl3N3O. The molecule has 0 atom stereocenters. The Labute approximate surface area is 165 Å². The van der Waals surface area contributed by atoms with Crippen molar-refractivity contribution in [1.29, 1.82) is 0 Å². The van der Waals surface area contributed by atoms with Crippen LogP contribution in [0, 0.1) is 6.92 Å². The Balaban J connectivity index is 1.85. The summed E-state index contributed by atoms with van der Waals surface area (Å²) in [5, 5.41) is 8.86. The summed E-state index contributed by atoms with van der Waals surface area (Å²) in [6, 6.07) is 12.5. The number of fused-ring (bicyclic) bond motifs is 1. The molecule has 7 heteroatoms. The fraction of sp³-hybridized carbons (Fsp3) is 0.0526. The second-order valence-corrected chi connectivity index (χ2v) is 7.11. The normalized spacial score (nSPS) is 14.6. The minimum Gasteiger partial charge on any atom is -0.321 e.